The van der Waals surface area contributed by atoms with E-state index in [0.29, 0.717) is 17.0 Å². The number of benzene rings is 1. The van der Waals surface area contributed by atoms with Crippen molar-refractivity contribution in [3.05, 3.63) is 83.8 Å². The summed E-state index contributed by atoms with van der Waals surface area (Å²) in [5, 5.41) is 7.50. The average Bonchev–Trinajstić information content (AvgIpc) is 3.19. The van der Waals surface area contributed by atoms with E-state index in [9.17, 15) is 4.79 Å². The Balaban J connectivity index is 1.44. The molecule has 0 aliphatic heterocycles. The number of hydrogen-bond acceptors (Lipinski definition) is 5. The van der Waals surface area contributed by atoms with Gasteiger partial charge >= 0.3 is 0 Å². The lowest BCUT2D eigenvalue weighted by molar-refractivity contribution is 0.102. The van der Waals surface area contributed by atoms with E-state index in [1.807, 2.05) is 61.6 Å². The molecule has 0 fully saturated rings. The number of hydrogen-bond donors (Lipinski definition) is 1. The first-order valence-corrected chi connectivity index (χ1v) is 10.7. The number of imidazole rings is 1. The van der Waals surface area contributed by atoms with Gasteiger partial charge in [0.1, 0.15) is 5.82 Å². The number of fused-ring (bicyclic) bond motifs is 1. The molecule has 3 aromatic heterocycles. The Hall–Kier alpha value is -3.74. The molecule has 3 heterocycles. The van der Waals surface area contributed by atoms with E-state index < -0.39 is 0 Å². The zero-order valence-electron chi connectivity index (χ0n) is 18.9. The fraction of sp³-hybridized carbons (Fsp3) is 0.280. The SMILES string of the molecule is CN(CCc1ccccn1)c1ccc2nc(NC(=O)c3ccc(C(C)(C)C)cc3)cn2n1. The predicted molar refractivity (Wildman–Crippen MR) is 127 cm³/mol. The van der Waals surface area contributed by atoms with E-state index in [-0.39, 0.29) is 11.3 Å². The molecule has 0 spiro atoms. The van der Waals surface area contributed by atoms with Gasteiger partial charge in [-0.15, -0.1) is 5.10 Å². The Labute approximate surface area is 188 Å². The second-order valence-corrected chi connectivity index (χ2v) is 8.89. The van der Waals surface area contributed by atoms with Crippen LogP contribution in [0.15, 0.2) is 67.0 Å². The molecule has 0 saturated carbocycles. The fourth-order valence-electron chi connectivity index (χ4n) is 3.39. The summed E-state index contributed by atoms with van der Waals surface area (Å²) in [7, 11) is 2.00. The monoisotopic (exact) mass is 428 g/mol. The van der Waals surface area contributed by atoms with Gasteiger partial charge in [0.05, 0.1) is 6.20 Å². The van der Waals surface area contributed by atoms with Crippen LogP contribution >= 0.6 is 0 Å². The van der Waals surface area contributed by atoms with Crippen molar-refractivity contribution in [2.24, 2.45) is 0 Å². The fourth-order valence-corrected chi connectivity index (χ4v) is 3.39. The van der Waals surface area contributed by atoms with Gasteiger partial charge in [-0.1, -0.05) is 39.0 Å². The minimum absolute atomic E-state index is 0.0464. The largest absolute Gasteiger partial charge is 0.358 e. The van der Waals surface area contributed by atoms with Crippen LogP contribution in [0.3, 0.4) is 0 Å². The first-order chi connectivity index (χ1) is 15.3. The van der Waals surface area contributed by atoms with Crippen LogP contribution in [-0.2, 0) is 11.8 Å². The molecule has 0 aliphatic rings. The quantitative estimate of drug-likeness (QED) is 0.494. The normalized spacial score (nSPS) is 11.5. The van der Waals surface area contributed by atoms with Crippen LogP contribution in [0.25, 0.3) is 5.65 Å². The number of carbonyl (C=O) groups excluding carboxylic acids is 1. The third-order valence-electron chi connectivity index (χ3n) is 5.38. The molecule has 7 nitrogen and oxygen atoms in total. The summed E-state index contributed by atoms with van der Waals surface area (Å²) in [4.78, 5) is 23.6. The Bertz CT molecular complexity index is 1210. The minimum atomic E-state index is -0.193. The Morgan fingerprint density at radius 2 is 1.84 bits per heavy atom. The van der Waals surface area contributed by atoms with Gasteiger partial charge in [-0.05, 0) is 47.4 Å². The van der Waals surface area contributed by atoms with E-state index in [0.717, 1.165) is 24.5 Å². The summed E-state index contributed by atoms with van der Waals surface area (Å²) >= 11 is 0. The average molecular weight is 429 g/mol. The van der Waals surface area contributed by atoms with E-state index >= 15 is 0 Å². The zero-order chi connectivity index (χ0) is 22.7. The summed E-state index contributed by atoms with van der Waals surface area (Å²) < 4.78 is 1.69. The first kappa shape index (κ1) is 21.5. The second kappa shape index (κ2) is 8.78. The molecular formula is C25H28N6O. The van der Waals surface area contributed by atoms with Crippen LogP contribution in [-0.4, -0.2) is 39.1 Å². The van der Waals surface area contributed by atoms with Crippen molar-refractivity contribution >= 4 is 23.2 Å². The van der Waals surface area contributed by atoms with Gasteiger partial charge in [0.25, 0.3) is 5.91 Å². The van der Waals surface area contributed by atoms with Crippen molar-refractivity contribution < 1.29 is 4.79 Å². The molecule has 1 N–H and O–H groups in total. The maximum absolute atomic E-state index is 12.7. The number of nitrogens with one attached hydrogen (secondary N) is 1. The smallest absolute Gasteiger partial charge is 0.256 e. The molecule has 0 aliphatic carbocycles. The van der Waals surface area contributed by atoms with Crippen LogP contribution in [0, 0.1) is 0 Å². The molecule has 0 unspecified atom stereocenters. The number of aromatic nitrogens is 4. The molecule has 0 radical (unpaired) electrons. The third-order valence-corrected chi connectivity index (χ3v) is 5.38. The van der Waals surface area contributed by atoms with Crippen molar-refractivity contribution in [3.8, 4) is 0 Å². The van der Waals surface area contributed by atoms with Gasteiger partial charge in [-0.25, -0.2) is 9.50 Å². The van der Waals surface area contributed by atoms with Crippen molar-refractivity contribution in [1.29, 1.82) is 0 Å². The molecule has 4 rings (SSSR count). The highest BCUT2D eigenvalue weighted by atomic mass is 16.1. The van der Waals surface area contributed by atoms with Gasteiger partial charge in [-0.2, -0.15) is 0 Å². The molecule has 32 heavy (non-hydrogen) atoms. The molecule has 0 saturated heterocycles. The first-order valence-electron chi connectivity index (χ1n) is 10.7. The summed E-state index contributed by atoms with van der Waals surface area (Å²) in [6, 6.07) is 17.4. The number of rotatable bonds is 6. The molecule has 0 bridgehead atoms. The van der Waals surface area contributed by atoms with Crippen molar-refractivity contribution in [3.63, 3.8) is 0 Å². The molecule has 1 amide bonds. The van der Waals surface area contributed by atoms with Gasteiger partial charge in [-0.3, -0.25) is 9.78 Å². The lowest BCUT2D eigenvalue weighted by Crippen LogP contribution is -2.22. The highest BCUT2D eigenvalue weighted by Gasteiger charge is 2.15. The minimum Gasteiger partial charge on any atom is -0.358 e. The standard InChI is InChI=1S/C25H28N6O/c1-25(2,3)19-10-8-18(9-11-19)24(32)28-21-17-31-22(27-21)12-13-23(29-31)30(4)16-14-20-7-5-6-15-26-20/h5-13,15,17H,14,16H2,1-4H3,(H,28,32). The molecule has 164 valence electrons. The number of carbonyl (C=O) groups is 1. The Morgan fingerprint density at radius 1 is 1.06 bits per heavy atom. The van der Waals surface area contributed by atoms with Crippen molar-refractivity contribution in [2.45, 2.75) is 32.6 Å². The van der Waals surface area contributed by atoms with Crippen LogP contribution in [0.4, 0.5) is 11.6 Å². The van der Waals surface area contributed by atoms with Crippen LogP contribution in [0.1, 0.15) is 42.4 Å². The molecule has 4 aromatic rings. The number of likely N-dealkylation sites (N-methyl/N-ethyl adjacent to an activating group) is 1. The molecule has 7 heteroatoms. The lowest BCUT2D eigenvalue weighted by atomic mass is 9.87. The van der Waals surface area contributed by atoms with Gasteiger partial charge < -0.3 is 10.2 Å². The van der Waals surface area contributed by atoms with Crippen LogP contribution in [0.2, 0.25) is 0 Å². The third kappa shape index (κ3) is 4.94. The maximum Gasteiger partial charge on any atom is 0.256 e. The van der Waals surface area contributed by atoms with E-state index in [2.05, 4.69) is 46.1 Å². The van der Waals surface area contributed by atoms with Gasteiger partial charge in [0.15, 0.2) is 11.5 Å². The summed E-state index contributed by atoms with van der Waals surface area (Å²) in [5.41, 5.74) is 3.54. The van der Waals surface area contributed by atoms with Crippen LogP contribution < -0.4 is 10.2 Å². The highest BCUT2D eigenvalue weighted by Crippen LogP contribution is 2.22. The Morgan fingerprint density at radius 3 is 2.53 bits per heavy atom. The summed E-state index contributed by atoms with van der Waals surface area (Å²) in [6.45, 7) is 7.24. The van der Waals surface area contributed by atoms with Crippen molar-refractivity contribution in [2.75, 3.05) is 23.8 Å². The molecular weight excluding hydrogens is 400 g/mol. The van der Waals surface area contributed by atoms with Crippen molar-refractivity contribution in [1.82, 2.24) is 19.6 Å². The van der Waals surface area contributed by atoms with E-state index in [1.54, 1.807) is 16.9 Å². The van der Waals surface area contributed by atoms with Crippen LogP contribution in [0.5, 0.6) is 0 Å². The lowest BCUT2D eigenvalue weighted by Gasteiger charge is -2.18. The topological polar surface area (TPSA) is 75.4 Å². The molecule has 1 aromatic carbocycles. The summed E-state index contributed by atoms with van der Waals surface area (Å²) in [6.07, 6.45) is 4.36. The maximum atomic E-state index is 12.7. The number of nitrogens with zero attached hydrogens (tertiary/aromatic N) is 5. The van der Waals surface area contributed by atoms with E-state index in [1.165, 1.54) is 5.56 Å². The predicted octanol–water partition coefficient (Wildman–Crippen LogP) is 4.35. The zero-order valence-corrected chi connectivity index (χ0v) is 18.9. The van der Waals surface area contributed by atoms with Gasteiger partial charge in [0.2, 0.25) is 0 Å². The summed E-state index contributed by atoms with van der Waals surface area (Å²) in [5.74, 6) is 1.10. The number of anilines is 2. The number of amides is 1. The number of pyridine rings is 1. The second-order valence-electron chi connectivity index (χ2n) is 8.89. The Kier molecular flexibility index (Phi) is 5.90. The molecule has 0 atom stereocenters. The highest BCUT2D eigenvalue weighted by molar-refractivity contribution is 6.03. The van der Waals surface area contributed by atoms with E-state index in [4.69, 9.17) is 0 Å². The van der Waals surface area contributed by atoms with Gasteiger partial charge in [0, 0.05) is 37.5 Å².